The molecule has 0 spiro atoms. The van der Waals surface area contributed by atoms with Crippen molar-refractivity contribution in [2.45, 2.75) is 26.2 Å². The lowest BCUT2D eigenvalue weighted by molar-refractivity contribution is 0.591. The van der Waals surface area contributed by atoms with E-state index in [-0.39, 0.29) is 5.41 Å². The number of rotatable bonds is 2. The highest BCUT2D eigenvalue weighted by atomic mass is 15.0. The molecule has 2 heterocycles. The van der Waals surface area contributed by atoms with E-state index in [1.54, 1.807) is 0 Å². The zero-order chi connectivity index (χ0) is 24.4. The molecule has 2 aromatic heterocycles. The zero-order valence-electron chi connectivity index (χ0n) is 20.8. The fourth-order valence-electron chi connectivity index (χ4n) is 5.55. The number of hydrogen-bond donors (Lipinski definition) is 1. The highest BCUT2D eigenvalue weighted by molar-refractivity contribution is 6.12. The van der Waals surface area contributed by atoms with E-state index in [1.165, 1.54) is 66.0 Å². The molecule has 7 rings (SSSR count). The Morgan fingerprint density at radius 3 is 1.92 bits per heavy atom. The molecule has 0 saturated heterocycles. The topological polar surface area (TPSA) is 20.7 Å². The molecule has 5 aromatic carbocycles. The number of hydrogen-bond acceptors (Lipinski definition) is 0. The molecule has 36 heavy (non-hydrogen) atoms. The van der Waals surface area contributed by atoms with E-state index in [1.807, 2.05) is 0 Å². The van der Waals surface area contributed by atoms with E-state index < -0.39 is 0 Å². The largest absolute Gasteiger partial charge is 0.355 e. The molecule has 1 N–H and O–H groups in total. The van der Waals surface area contributed by atoms with Gasteiger partial charge in [0.2, 0.25) is 0 Å². The number of nitrogens with zero attached hydrogens (tertiary/aromatic N) is 1. The Hall–Kier alpha value is -4.30. The molecule has 0 saturated carbocycles. The van der Waals surface area contributed by atoms with E-state index in [9.17, 15) is 0 Å². The van der Waals surface area contributed by atoms with Crippen LogP contribution < -0.4 is 0 Å². The number of para-hydroxylation sites is 2. The summed E-state index contributed by atoms with van der Waals surface area (Å²) in [6, 6.07) is 39.9. The van der Waals surface area contributed by atoms with Crippen molar-refractivity contribution in [2.75, 3.05) is 0 Å². The highest BCUT2D eigenvalue weighted by Crippen LogP contribution is 2.37. The van der Waals surface area contributed by atoms with Gasteiger partial charge in [-0.2, -0.15) is 0 Å². The molecule has 2 heteroatoms. The van der Waals surface area contributed by atoms with Crippen molar-refractivity contribution < 1.29 is 0 Å². The Labute approximate surface area is 210 Å². The van der Waals surface area contributed by atoms with E-state index in [4.69, 9.17) is 0 Å². The van der Waals surface area contributed by atoms with Crippen molar-refractivity contribution in [3.8, 4) is 16.8 Å². The summed E-state index contributed by atoms with van der Waals surface area (Å²) in [7, 11) is 0. The molecular formula is C34H28N2. The SMILES string of the molecule is CC(C)(C)c1ccc2[nH]c3ccc(-c4ccc5c(c4)c4ccccc4n5-c4ccccc4)cc3c2c1. The van der Waals surface area contributed by atoms with Gasteiger partial charge in [-0.1, -0.05) is 75.4 Å². The van der Waals surface area contributed by atoms with E-state index >= 15 is 0 Å². The Morgan fingerprint density at radius 1 is 0.528 bits per heavy atom. The number of fused-ring (bicyclic) bond motifs is 6. The van der Waals surface area contributed by atoms with Crippen molar-refractivity contribution in [1.82, 2.24) is 9.55 Å². The first-order valence-corrected chi connectivity index (χ1v) is 12.6. The van der Waals surface area contributed by atoms with Gasteiger partial charge in [0.05, 0.1) is 11.0 Å². The van der Waals surface area contributed by atoms with Crippen LogP contribution in [0, 0.1) is 0 Å². The lowest BCUT2D eigenvalue weighted by Crippen LogP contribution is -2.10. The zero-order valence-corrected chi connectivity index (χ0v) is 20.8. The van der Waals surface area contributed by atoms with E-state index in [2.05, 4.69) is 140 Å². The fraction of sp³-hybridized carbons (Fsp3) is 0.118. The second-order valence-corrected chi connectivity index (χ2v) is 10.8. The van der Waals surface area contributed by atoms with Crippen LogP contribution in [0.2, 0.25) is 0 Å². The first-order chi connectivity index (χ1) is 17.5. The fourth-order valence-corrected chi connectivity index (χ4v) is 5.55. The van der Waals surface area contributed by atoms with Gasteiger partial charge in [0.15, 0.2) is 0 Å². The number of nitrogens with one attached hydrogen (secondary N) is 1. The average Bonchev–Trinajstić information content (AvgIpc) is 3.43. The van der Waals surface area contributed by atoms with Gasteiger partial charge in [0.25, 0.3) is 0 Å². The number of aromatic amines is 1. The summed E-state index contributed by atoms with van der Waals surface area (Å²) in [5.74, 6) is 0. The predicted molar refractivity (Wildman–Crippen MR) is 154 cm³/mol. The number of benzene rings is 5. The third-order valence-electron chi connectivity index (χ3n) is 7.48. The van der Waals surface area contributed by atoms with Gasteiger partial charge in [0.1, 0.15) is 0 Å². The van der Waals surface area contributed by atoms with Gasteiger partial charge in [-0.05, 0) is 76.7 Å². The van der Waals surface area contributed by atoms with Crippen LogP contribution in [-0.4, -0.2) is 9.55 Å². The van der Waals surface area contributed by atoms with Gasteiger partial charge in [-0.3, -0.25) is 0 Å². The van der Waals surface area contributed by atoms with Gasteiger partial charge in [0, 0.05) is 38.3 Å². The summed E-state index contributed by atoms with van der Waals surface area (Å²) in [4.78, 5) is 3.61. The molecule has 0 unspecified atom stereocenters. The minimum absolute atomic E-state index is 0.118. The van der Waals surface area contributed by atoms with E-state index in [0.29, 0.717) is 0 Å². The minimum Gasteiger partial charge on any atom is -0.355 e. The maximum absolute atomic E-state index is 3.61. The highest BCUT2D eigenvalue weighted by Gasteiger charge is 2.16. The third-order valence-corrected chi connectivity index (χ3v) is 7.48. The molecule has 0 aliphatic heterocycles. The molecule has 7 aromatic rings. The molecule has 0 fully saturated rings. The molecule has 0 aliphatic carbocycles. The van der Waals surface area contributed by atoms with Gasteiger partial charge >= 0.3 is 0 Å². The van der Waals surface area contributed by atoms with Crippen LogP contribution in [0.25, 0.3) is 60.4 Å². The smallest absolute Gasteiger partial charge is 0.0541 e. The second-order valence-electron chi connectivity index (χ2n) is 10.8. The molecule has 0 aliphatic rings. The molecule has 174 valence electrons. The van der Waals surface area contributed by atoms with Crippen LogP contribution in [0.3, 0.4) is 0 Å². The molecule has 0 amide bonds. The summed E-state index contributed by atoms with van der Waals surface area (Å²) in [6.07, 6.45) is 0. The van der Waals surface area contributed by atoms with Crippen molar-refractivity contribution in [3.63, 3.8) is 0 Å². The molecule has 0 bridgehead atoms. The van der Waals surface area contributed by atoms with Gasteiger partial charge in [-0.25, -0.2) is 0 Å². The monoisotopic (exact) mass is 464 g/mol. The quantitative estimate of drug-likeness (QED) is 0.263. The maximum atomic E-state index is 3.61. The summed E-state index contributed by atoms with van der Waals surface area (Å²) in [5.41, 5.74) is 9.98. The van der Waals surface area contributed by atoms with Crippen LogP contribution in [0.15, 0.2) is 109 Å². The first-order valence-electron chi connectivity index (χ1n) is 12.6. The summed E-state index contributed by atoms with van der Waals surface area (Å²) < 4.78 is 2.37. The predicted octanol–water partition coefficient (Wildman–Crippen LogP) is 9.38. The van der Waals surface area contributed by atoms with E-state index in [0.717, 1.165) is 0 Å². The third kappa shape index (κ3) is 3.18. The van der Waals surface area contributed by atoms with Crippen LogP contribution in [-0.2, 0) is 5.41 Å². The summed E-state index contributed by atoms with van der Waals surface area (Å²) in [6.45, 7) is 6.82. The van der Waals surface area contributed by atoms with Crippen LogP contribution in [0.5, 0.6) is 0 Å². The first kappa shape index (κ1) is 21.0. The standard InChI is InChI=1S/C34H28N2/c1-34(2,3)24-15-17-31-28(21-24)27-19-22(13-16-30(27)35-31)23-14-18-33-29(20-23)26-11-7-8-12-32(26)36(33)25-9-5-4-6-10-25/h4-21,35H,1-3H3. The number of aromatic nitrogens is 2. The van der Waals surface area contributed by atoms with Crippen LogP contribution in [0.4, 0.5) is 0 Å². The van der Waals surface area contributed by atoms with Gasteiger partial charge < -0.3 is 9.55 Å². The van der Waals surface area contributed by atoms with Gasteiger partial charge in [-0.15, -0.1) is 0 Å². The Balaban J connectivity index is 1.44. The molecule has 0 atom stereocenters. The molecular weight excluding hydrogens is 436 g/mol. The number of H-pyrrole nitrogens is 1. The molecule has 2 nitrogen and oxygen atoms in total. The lowest BCUT2D eigenvalue weighted by atomic mass is 9.86. The second kappa shape index (κ2) is 7.60. The Bertz CT molecular complexity index is 1910. The van der Waals surface area contributed by atoms with Crippen molar-refractivity contribution in [2.24, 2.45) is 0 Å². The van der Waals surface area contributed by atoms with Crippen LogP contribution >= 0.6 is 0 Å². The lowest BCUT2D eigenvalue weighted by Gasteiger charge is -2.18. The normalized spacial score (nSPS) is 12.3. The van der Waals surface area contributed by atoms with Crippen molar-refractivity contribution in [3.05, 3.63) is 115 Å². The summed E-state index contributed by atoms with van der Waals surface area (Å²) in [5, 5.41) is 5.13. The molecule has 0 radical (unpaired) electrons. The maximum Gasteiger partial charge on any atom is 0.0541 e. The van der Waals surface area contributed by atoms with Crippen LogP contribution in [0.1, 0.15) is 26.3 Å². The average molecular weight is 465 g/mol. The Kier molecular flexibility index (Phi) is 4.44. The minimum atomic E-state index is 0.118. The van der Waals surface area contributed by atoms with Crippen molar-refractivity contribution >= 4 is 43.6 Å². The Morgan fingerprint density at radius 2 is 1.14 bits per heavy atom. The summed E-state index contributed by atoms with van der Waals surface area (Å²) >= 11 is 0. The van der Waals surface area contributed by atoms with Crippen molar-refractivity contribution in [1.29, 1.82) is 0 Å².